The van der Waals surface area contributed by atoms with E-state index in [4.69, 9.17) is 4.98 Å². The van der Waals surface area contributed by atoms with Gasteiger partial charge in [0.1, 0.15) is 5.82 Å². The molecular formula is C32H26N2. The van der Waals surface area contributed by atoms with E-state index in [0.29, 0.717) is 11.8 Å². The Balaban J connectivity index is 1.55. The average molecular weight is 439 g/mol. The van der Waals surface area contributed by atoms with E-state index >= 15 is 0 Å². The van der Waals surface area contributed by atoms with Crippen LogP contribution in [0.25, 0.3) is 22.2 Å². The summed E-state index contributed by atoms with van der Waals surface area (Å²) in [6.07, 6.45) is 11.1. The van der Waals surface area contributed by atoms with E-state index in [-0.39, 0.29) is 0 Å². The average Bonchev–Trinajstić information content (AvgIpc) is 3.20. The van der Waals surface area contributed by atoms with Gasteiger partial charge in [0.25, 0.3) is 0 Å². The van der Waals surface area contributed by atoms with Gasteiger partial charge >= 0.3 is 0 Å². The molecule has 0 aliphatic heterocycles. The fraction of sp³-hybridized carbons (Fsp3) is 0.0938. The van der Waals surface area contributed by atoms with Crippen LogP contribution in [0.5, 0.6) is 0 Å². The van der Waals surface area contributed by atoms with Crippen molar-refractivity contribution >= 4 is 33.7 Å². The normalized spacial score (nSPS) is 18.7. The van der Waals surface area contributed by atoms with Crippen molar-refractivity contribution in [1.29, 1.82) is 0 Å². The van der Waals surface area contributed by atoms with Crippen molar-refractivity contribution in [3.63, 3.8) is 0 Å². The lowest BCUT2D eigenvalue weighted by atomic mass is 9.87. The Morgan fingerprint density at radius 1 is 0.824 bits per heavy atom. The lowest BCUT2D eigenvalue weighted by Gasteiger charge is -2.28. The van der Waals surface area contributed by atoms with E-state index in [1.54, 1.807) is 0 Å². The molecule has 1 aromatic heterocycles. The third kappa shape index (κ3) is 3.22. The van der Waals surface area contributed by atoms with E-state index in [2.05, 4.69) is 128 Å². The number of anilines is 2. The van der Waals surface area contributed by atoms with E-state index in [0.717, 1.165) is 28.1 Å². The second kappa shape index (κ2) is 8.31. The molecular weight excluding hydrogens is 412 g/mol. The van der Waals surface area contributed by atoms with Crippen LogP contribution in [0, 0.1) is 5.92 Å². The number of hydrogen-bond acceptors (Lipinski definition) is 2. The number of benzene rings is 3. The predicted molar refractivity (Wildman–Crippen MR) is 144 cm³/mol. The Morgan fingerprint density at radius 2 is 1.59 bits per heavy atom. The molecule has 2 unspecified atom stereocenters. The fourth-order valence-electron chi connectivity index (χ4n) is 5.38. The van der Waals surface area contributed by atoms with Crippen molar-refractivity contribution < 1.29 is 0 Å². The summed E-state index contributed by atoms with van der Waals surface area (Å²) in [6.45, 7) is 6.66. The minimum absolute atomic E-state index is 0.322. The molecule has 3 aromatic carbocycles. The van der Waals surface area contributed by atoms with Crippen LogP contribution in [0.15, 0.2) is 122 Å². The zero-order valence-corrected chi connectivity index (χ0v) is 19.2. The van der Waals surface area contributed by atoms with Gasteiger partial charge in [-0.15, -0.1) is 0 Å². The highest BCUT2D eigenvalue weighted by Crippen LogP contribution is 2.51. The number of aromatic nitrogens is 1. The van der Waals surface area contributed by atoms with Crippen LogP contribution in [-0.4, -0.2) is 4.98 Å². The minimum atomic E-state index is 0.322. The molecule has 0 radical (unpaired) electrons. The van der Waals surface area contributed by atoms with Crippen LogP contribution >= 0.6 is 0 Å². The summed E-state index contributed by atoms with van der Waals surface area (Å²) in [7, 11) is 0. The minimum Gasteiger partial charge on any atom is -0.295 e. The largest absolute Gasteiger partial charge is 0.295 e. The van der Waals surface area contributed by atoms with Gasteiger partial charge in [0.15, 0.2) is 0 Å². The highest BCUT2D eigenvalue weighted by molar-refractivity contribution is 5.94. The summed E-state index contributed by atoms with van der Waals surface area (Å²) in [5.41, 5.74) is 8.18. The summed E-state index contributed by atoms with van der Waals surface area (Å²) in [6, 6.07) is 29.7. The Labute approximate surface area is 200 Å². The molecule has 0 fully saturated rings. The van der Waals surface area contributed by atoms with E-state index in [9.17, 15) is 0 Å². The highest BCUT2D eigenvalue weighted by atomic mass is 15.2. The monoisotopic (exact) mass is 438 g/mol. The van der Waals surface area contributed by atoms with Crippen LogP contribution in [0.2, 0.25) is 0 Å². The van der Waals surface area contributed by atoms with Crippen LogP contribution in [-0.2, 0) is 0 Å². The highest BCUT2D eigenvalue weighted by Gasteiger charge is 2.36. The molecule has 6 rings (SSSR count). The standard InChI is InChI=1S/C32H26N2/c1-3-30(28-18-11-17-27-26-16-9-8-15-25(26)22(2)32(27)28)34(24-13-5-4-6-14-24)31-21-20-23-12-7-10-19-29(23)33-31/h3-21,25-26H,2H2,1H3/b30-3+. The molecule has 2 heteroatoms. The SMILES string of the molecule is C=C1c2c(/C(=C\C)N(c3ccccc3)c3ccc4ccccc4n3)cccc2C2C=CC=CC12. The first-order valence-electron chi connectivity index (χ1n) is 11.8. The van der Waals surface area contributed by atoms with Gasteiger partial charge in [-0.1, -0.05) is 91.6 Å². The molecule has 0 N–H and O–H groups in total. The summed E-state index contributed by atoms with van der Waals surface area (Å²) in [5.74, 6) is 1.58. The van der Waals surface area contributed by atoms with Gasteiger partial charge in [-0.2, -0.15) is 0 Å². The van der Waals surface area contributed by atoms with Crippen LogP contribution in [0.4, 0.5) is 11.5 Å². The Bertz CT molecular complexity index is 1490. The van der Waals surface area contributed by atoms with Crippen LogP contribution < -0.4 is 4.90 Å². The summed E-state index contributed by atoms with van der Waals surface area (Å²) in [4.78, 5) is 7.34. The molecule has 164 valence electrons. The third-order valence-electron chi connectivity index (χ3n) is 6.93. The predicted octanol–water partition coefficient (Wildman–Crippen LogP) is 8.29. The second-order valence-electron chi connectivity index (χ2n) is 8.82. The molecule has 2 aliphatic carbocycles. The molecule has 0 saturated heterocycles. The van der Waals surface area contributed by atoms with Crippen molar-refractivity contribution in [2.24, 2.45) is 5.92 Å². The van der Waals surface area contributed by atoms with Gasteiger partial charge in [0.05, 0.1) is 11.2 Å². The van der Waals surface area contributed by atoms with Crippen molar-refractivity contribution in [2.45, 2.75) is 12.8 Å². The van der Waals surface area contributed by atoms with E-state index < -0.39 is 0 Å². The molecule has 0 saturated carbocycles. The topological polar surface area (TPSA) is 16.1 Å². The summed E-state index contributed by atoms with van der Waals surface area (Å²) >= 11 is 0. The Hall–Kier alpha value is -4.17. The molecule has 2 nitrogen and oxygen atoms in total. The molecule has 0 amide bonds. The lowest BCUT2D eigenvalue weighted by molar-refractivity contribution is 0.753. The van der Waals surface area contributed by atoms with Crippen molar-refractivity contribution in [1.82, 2.24) is 4.98 Å². The number of rotatable bonds is 4. The van der Waals surface area contributed by atoms with Gasteiger partial charge in [-0.25, -0.2) is 4.98 Å². The Morgan fingerprint density at radius 3 is 2.41 bits per heavy atom. The van der Waals surface area contributed by atoms with E-state index in [1.807, 2.05) is 6.07 Å². The van der Waals surface area contributed by atoms with Gasteiger partial charge in [0, 0.05) is 28.5 Å². The maximum atomic E-state index is 5.07. The third-order valence-corrected chi connectivity index (χ3v) is 6.93. The zero-order chi connectivity index (χ0) is 23.1. The van der Waals surface area contributed by atoms with Gasteiger partial charge in [0.2, 0.25) is 0 Å². The number of hydrogen-bond donors (Lipinski definition) is 0. The van der Waals surface area contributed by atoms with Crippen LogP contribution in [0.3, 0.4) is 0 Å². The molecule has 4 aromatic rings. The van der Waals surface area contributed by atoms with E-state index in [1.165, 1.54) is 22.3 Å². The van der Waals surface area contributed by atoms with Gasteiger partial charge in [-0.3, -0.25) is 4.90 Å². The molecule has 1 heterocycles. The molecule has 0 spiro atoms. The maximum Gasteiger partial charge on any atom is 0.138 e. The molecule has 2 aliphatic rings. The fourth-order valence-corrected chi connectivity index (χ4v) is 5.38. The smallest absolute Gasteiger partial charge is 0.138 e. The first-order valence-corrected chi connectivity index (χ1v) is 11.8. The lowest BCUT2D eigenvalue weighted by Crippen LogP contribution is -2.17. The molecule has 0 bridgehead atoms. The van der Waals surface area contributed by atoms with Crippen molar-refractivity contribution in [3.8, 4) is 0 Å². The van der Waals surface area contributed by atoms with Gasteiger partial charge < -0.3 is 0 Å². The maximum absolute atomic E-state index is 5.07. The van der Waals surface area contributed by atoms with Gasteiger partial charge in [-0.05, 0) is 54.0 Å². The Kier molecular flexibility index (Phi) is 5.00. The van der Waals surface area contributed by atoms with Crippen molar-refractivity contribution in [3.05, 3.63) is 139 Å². The second-order valence-corrected chi connectivity index (χ2v) is 8.82. The quantitative estimate of drug-likeness (QED) is 0.319. The molecule has 2 atom stereocenters. The van der Waals surface area contributed by atoms with Crippen molar-refractivity contribution in [2.75, 3.05) is 4.90 Å². The summed E-state index contributed by atoms with van der Waals surface area (Å²) < 4.78 is 0. The summed E-state index contributed by atoms with van der Waals surface area (Å²) in [5, 5.41) is 1.14. The van der Waals surface area contributed by atoms with Crippen LogP contribution in [0.1, 0.15) is 29.5 Å². The zero-order valence-electron chi connectivity index (χ0n) is 19.2. The molecule has 34 heavy (non-hydrogen) atoms. The first kappa shape index (κ1) is 20.4. The first-order chi connectivity index (χ1) is 16.8. The number of fused-ring (bicyclic) bond motifs is 4. The number of nitrogens with zero attached hydrogens (tertiary/aromatic N) is 2. The number of pyridine rings is 1. The number of para-hydroxylation sites is 2. The number of allylic oxidation sites excluding steroid dienone is 6.